The van der Waals surface area contributed by atoms with Gasteiger partial charge in [-0.1, -0.05) is 39.2 Å². The van der Waals surface area contributed by atoms with Crippen molar-refractivity contribution >= 4 is 17.2 Å². The summed E-state index contributed by atoms with van der Waals surface area (Å²) in [6.45, 7) is 5.19. The van der Waals surface area contributed by atoms with E-state index >= 15 is 0 Å². The van der Waals surface area contributed by atoms with Crippen LogP contribution in [0.5, 0.6) is 0 Å². The number of carbonyl (C=O) groups excluding carboxylic acids is 1. The second-order valence-electron chi connectivity index (χ2n) is 5.34. The molecular formula is C15H23N5OS. The summed E-state index contributed by atoms with van der Waals surface area (Å²) in [4.78, 5) is 14.3. The van der Waals surface area contributed by atoms with E-state index in [-0.39, 0.29) is 12.5 Å². The predicted octanol–water partition coefficient (Wildman–Crippen LogP) is 2.73. The van der Waals surface area contributed by atoms with Gasteiger partial charge in [0.1, 0.15) is 6.54 Å². The lowest BCUT2D eigenvalue weighted by atomic mass is 9.99. The summed E-state index contributed by atoms with van der Waals surface area (Å²) in [5, 5.41) is 17.1. The van der Waals surface area contributed by atoms with Crippen LogP contribution in [0.3, 0.4) is 0 Å². The number of unbranched alkanes of at least 4 members (excludes halogenated alkanes) is 1. The molecule has 22 heavy (non-hydrogen) atoms. The van der Waals surface area contributed by atoms with Crippen molar-refractivity contribution in [2.45, 2.75) is 46.1 Å². The van der Waals surface area contributed by atoms with Gasteiger partial charge in [0.25, 0.3) is 0 Å². The largest absolute Gasteiger partial charge is 0.354 e. The minimum Gasteiger partial charge on any atom is -0.354 e. The van der Waals surface area contributed by atoms with E-state index in [1.807, 2.05) is 17.5 Å². The minimum atomic E-state index is -0.0647. The molecule has 1 amide bonds. The van der Waals surface area contributed by atoms with Crippen molar-refractivity contribution in [1.29, 1.82) is 0 Å². The molecule has 0 saturated carbocycles. The average molecular weight is 321 g/mol. The SMILES string of the molecule is CCCC[C@H](CC)CNC(=O)Cn1nnc(-c2cccs2)n1. The fourth-order valence-corrected chi connectivity index (χ4v) is 2.85. The Morgan fingerprint density at radius 2 is 2.32 bits per heavy atom. The smallest absolute Gasteiger partial charge is 0.243 e. The van der Waals surface area contributed by atoms with Crippen LogP contribution in [-0.2, 0) is 11.3 Å². The molecule has 120 valence electrons. The molecule has 1 N–H and O–H groups in total. The van der Waals surface area contributed by atoms with Gasteiger partial charge >= 0.3 is 0 Å². The minimum absolute atomic E-state index is 0.0647. The fraction of sp³-hybridized carbons (Fsp3) is 0.600. The number of hydrogen-bond donors (Lipinski definition) is 1. The highest BCUT2D eigenvalue weighted by Crippen LogP contribution is 2.19. The van der Waals surface area contributed by atoms with Gasteiger partial charge in [0.05, 0.1) is 4.88 Å². The van der Waals surface area contributed by atoms with Crippen molar-refractivity contribution in [3.63, 3.8) is 0 Å². The zero-order chi connectivity index (χ0) is 15.8. The maximum Gasteiger partial charge on any atom is 0.243 e. The molecule has 0 aromatic carbocycles. The maximum absolute atomic E-state index is 12.0. The summed E-state index contributed by atoms with van der Waals surface area (Å²) in [7, 11) is 0. The quantitative estimate of drug-likeness (QED) is 0.771. The number of nitrogens with one attached hydrogen (secondary N) is 1. The zero-order valence-electron chi connectivity index (χ0n) is 13.2. The summed E-state index contributed by atoms with van der Waals surface area (Å²) in [5.74, 6) is 1.05. The molecule has 6 nitrogen and oxygen atoms in total. The van der Waals surface area contributed by atoms with Crippen molar-refractivity contribution in [2.24, 2.45) is 5.92 Å². The number of tetrazole rings is 1. The van der Waals surface area contributed by atoms with Gasteiger partial charge in [-0.25, -0.2) is 0 Å². The molecule has 0 bridgehead atoms. The Bertz CT molecular complexity index is 566. The van der Waals surface area contributed by atoms with Crippen molar-refractivity contribution in [1.82, 2.24) is 25.5 Å². The molecule has 0 saturated heterocycles. The van der Waals surface area contributed by atoms with E-state index in [1.54, 1.807) is 11.3 Å². The van der Waals surface area contributed by atoms with Crippen LogP contribution < -0.4 is 5.32 Å². The summed E-state index contributed by atoms with van der Waals surface area (Å²) in [5.41, 5.74) is 0. The number of carbonyl (C=O) groups is 1. The Morgan fingerprint density at radius 1 is 1.45 bits per heavy atom. The monoisotopic (exact) mass is 321 g/mol. The highest BCUT2D eigenvalue weighted by molar-refractivity contribution is 7.13. The zero-order valence-corrected chi connectivity index (χ0v) is 14.0. The molecule has 0 aliphatic heterocycles. The molecule has 0 fully saturated rings. The van der Waals surface area contributed by atoms with Crippen molar-refractivity contribution in [3.05, 3.63) is 17.5 Å². The van der Waals surface area contributed by atoms with Crippen LogP contribution in [0.4, 0.5) is 0 Å². The first kappa shape index (κ1) is 16.6. The average Bonchev–Trinajstić information content (AvgIpc) is 3.18. The molecule has 7 heteroatoms. The molecule has 2 aromatic rings. The first-order valence-electron chi connectivity index (χ1n) is 7.81. The third-order valence-electron chi connectivity index (χ3n) is 3.61. The first-order valence-corrected chi connectivity index (χ1v) is 8.69. The number of thiophene rings is 1. The van der Waals surface area contributed by atoms with Crippen LogP contribution in [0.2, 0.25) is 0 Å². The van der Waals surface area contributed by atoms with Gasteiger partial charge in [-0.3, -0.25) is 4.79 Å². The van der Waals surface area contributed by atoms with Gasteiger partial charge in [0.15, 0.2) is 0 Å². The van der Waals surface area contributed by atoms with Gasteiger partial charge in [-0.2, -0.15) is 4.80 Å². The van der Waals surface area contributed by atoms with Gasteiger partial charge < -0.3 is 5.32 Å². The second-order valence-corrected chi connectivity index (χ2v) is 6.29. The molecule has 0 unspecified atom stereocenters. The number of hydrogen-bond acceptors (Lipinski definition) is 5. The Labute approximate surface area is 134 Å². The standard InChI is InChI=1S/C15H23N5OS/c1-3-5-7-12(4-2)10-16-14(21)11-20-18-15(17-19-20)13-8-6-9-22-13/h6,8-9,12H,3-5,7,10-11H2,1-2H3,(H,16,21)/t12-/m0/s1. The third kappa shape index (κ3) is 4.91. The van der Waals surface area contributed by atoms with Crippen LogP contribution in [0.1, 0.15) is 39.5 Å². The molecule has 0 spiro atoms. The van der Waals surface area contributed by atoms with E-state index in [4.69, 9.17) is 0 Å². The number of rotatable bonds is 9. The number of aromatic nitrogens is 4. The Kier molecular flexibility index (Phi) is 6.51. The Balaban J connectivity index is 1.79. The topological polar surface area (TPSA) is 72.7 Å². The summed E-state index contributed by atoms with van der Waals surface area (Å²) in [6, 6.07) is 3.88. The molecule has 0 radical (unpaired) electrons. The third-order valence-corrected chi connectivity index (χ3v) is 4.48. The Morgan fingerprint density at radius 3 is 3.00 bits per heavy atom. The van der Waals surface area contributed by atoms with Crippen molar-refractivity contribution in [3.8, 4) is 10.7 Å². The molecular weight excluding hydrogens is 298 g/mol. The highest BCUT2D eigenvalue weighted by Gasteiger charge is 2.11. The van der Waals surface area contributed by atoms with Crippen LogP contribution in [0.25, 0.3) is 10.7 Å². The molecule has 2 rings (SSSR count). The molecule has 2 aromatic heterocycles. The number of nitrogens with zero attached hydrogens (tertiary/aromatic N) is 4. The van der Waals surface area contributed by atoms with Crippen LogP contribution in [-0.4, -0.2) is 32.7 Å². The first-order chi connectivity index (χ1) is 10.7. The Hall–Kier alpha value is -1.76. The van der Waals surface area contributed by atoms with Crippen molar-refractivity contribution < 1.29 is 4.79 Å². The fourth-order valence-electron chi connectivity index (χ4n) is 2.20. The van der Waals surface area contributed by atoms with E-state index in [2.05, 4.69) is 34.6 Å². The van der Waals surface area contributed by atoms with E-state index in [1.165, 1.54) is 17.6 Å². The van der Waals surface area contributed by atoms with E-state index < -0.39 is 0 Å². The van der Waals surface area contributed by atoms with E-state index in [0.717, 1.165) is 24.3 Å². The van der Waals surface area contributed by atoms with Gasteiger partial charge in [0, 0.05) is 6.54 Å². The van der Waals surface area contributed by atoms with E-state index in [9.17, 15) is 4.79 Å². The number of amides is 1. The predicted molar refractivity (Wildman–Crippen MR) is 87.4 cm³/mol. The van der Waals surface area contributed by atoms with Crippen molar-refractivity contribution in [2.75, 3.05) is 6.54 Å². The summed E-state index contributed by atoms with van der Waals surface area (Å²) >= 11 is 1.55. The molecule has 0 aliphatic rings. The van der Waals surface area contributed by atoms with Crippen LogP contribution in [0, 0.1) is 5.92 Å². The van der Waals surface area contributed by atoms with E-state index in [0.29, 0.717) is 11.7 Å². The summed E-state index contributed by atoms with van der Waals surface area (Å²) in [6.07, 6.45) is 4.66. The normalized spacial score (nSPS) is 12.3. The lowest BCUT2D eigenvalue weighted by molar-refractivity contribution is -0.122. The maximum atomic E-state index is 12.0. The molecule has 1 atom stereocenters. The van der Waals surface area contributed by atoms with Crippen LogP contribution in [0.15, 0.2) is 17.5 Å². The molecule has 0 aliphatic carbocycles. The van der Waals surface area contributed by atoms with Gasteiger partial charge in [-0.05, 0) is 29.0 Å². The second kappa shape index (κ2) is 8.63. The lowest BCUT2D eigenvalue weighted by Crippen LogP contribution is -2.32. The molecule has 2 heterocycles. The van der Waals surface area contributed by atoms with Gasteiger partial charge in [-0.15, -0.1) is 21.5 Å². The van der Waals surface area contributed by atoms with Gasteiger partial charge in [0.2, 0.25) is 11.7 Å². The highest BCUT2D eigenvalue weighted by atomic mass is 32.1. The lowest BCUT2D eigenvalue weighted by Gasteiger charge is -2.14. The van der Waals surface area contributed by atoms with Crippen LogP contribution >= 0.6 is 11.3 Å². The summed E-state index contributed by atoms with van der Waals surface area (Å²) < 4.78 is 0.